The second kappa shape index (κ2) is 5.96. The smallest absolute Gasteiger partial charge is 0.238 e. The van der Waals surface area contributed by atoms with Gasteiger partial charge >= 0.3 is 0 Å². The van der Waals surface area contributed by atoms with E-state index in [0.29, 0.717) is 0 Å². The summed E-state index contributed by atoms with van der Waals surface area (Å²) in [6, 6.07) is 5.82. The van der Waals surface area contributed by atoms with E-state index in [0.717, 1.165) is 15.1 Å². The lowest BCUT2D eigenvalue weighted by Crippen LogP contribution is -2.37. The first-order valence-electron chi connectivity index (χ1n) is 6.02. The monoisotopic (exact) mass is 342 g/mol. The van der Waals surface area contributed by atoms with Gasteiger partial charge in [-0.05, 0) is 32.0 Å². The van der Waals surface area contributed by atoms with Crippen molar-refractivity contribution in [3.63, 3.8) is 0 Å². The van der Waals surface area contributed by atoms with E-state index >= 15 is 0 Å². The molecule has 4 nitrogen and oxygen atoms in total. The van der Waals surface area contributed by atoms with Crippen LogP contribution in [0.5, 0.6) is 0 Å². The Morgan fingerprint density at radius 2 is 2.26 bits per heavy atom. The van der Waals surface area contributed by atoms with Crippen molar-refractivity contribution in [2.75, 3.05) is 5.32 Å². The fourth-order valence-corrected chi connectivity index (χ4v) is 3.26. The van der Waals surface area contributed by atoms with Crippen LogP contribution in [0.2, 0.25) is 0 Å². The van der Waals surface area contributed by atoms with Gasteiger partial charge in [0.05, 0.1) is 10.9 Å². The van der Waals surface area contributed by atoms with E-state index in [2.05, 4.69) is 26.6 Å². The third kappa shape index (κ3) is 3.73. The van der Waals surface area contributed by atoms with Crippen LogP contribution in [0.25, 0.3) is 0 Å². The van der Waals surface area contributed by atoms with Crippen LogP contribution in [0.1, 0.15) is 20.3 Å². The van der Waals surface area contributed by atoms with Gasteiger partial charge in [0, 0.05) is 21.8 Å². The Labute approximate surface area is 124 Å². The standard InChI is InChI=1S/C13H15BrN2O2S/c1-7(2)15-12(17)6-11-13(18)16-9-5-8(14)3-4-10(9)19-11/h3-5,7,11H,6H2,1-2H3,(H,15,17)(H,16,18). The molecule has 102 valence electrons. The number of rotatable bonds is 3. The molecule has 1 aromatic rings. The Morgan fingerprint density at radius 1 is 1.53 bits per heavy atom. The Balaban J connectivity index is 2.07. The molecule has 2 amide bonds. The van der Waals surface area contributed by atoms with Crippen LogP contribution in [0.15, 0.2) is 27.6 Å². The maximum atomic E-state index is 12.0. The van der Waals surface area contributed by atoms with E-state index in [-0.39, 0.29) is 29.5 Å². The zero-order valence-corrected chi connectivity index (χ0v) is 13.1. The van der Waals surface area contributed by atoms with Crippen LogP contribution in [0.4, 0.5) is 5.69 Å². The molecule has 0 saturated heterocycles. The number of fused-ring (bicyclic) bond motifs is 1. The van der Waals surface area contributed by atoms with Crippen LogP contribution in [0, 0.1) is 0 Å². The zero-order chi connectivity index (χ0) is 14.0. The summed E-state index contributed by atoms with van der Waals surface area (Å²) < 4.78 is 0.920. The number of carbonyl (C=O) groups excluding carboxylic acids is 2. The number of benzene rings is 1. The number of anilines is 1. The molecule has 6 heteroatoms. The van der Waals surface area contributed by atoms with Gasteiger partial charge in [-0.15, -0.1) is 11.8 Å². The van der Waals surface area contributed by atoms with Crippen molar-refractivity contribution in [1.29, 1.82) is 0 Å². The average Bonchev–Trinajstić information content (AvgIpc) is 2.29. The molecule has 0 spiro atoms. The molecule has 0 saturated carbocycles. The Kier molecular flexibility index (Phi) is 4.52. The number of hydrogen-bond donors (Lipinski definition) is 2. The highest BCUT2D eigenvalue weighted by Crippen LogP contribution is 2.38. The Morgan fingerprint density at radius 3 is 2.95 bits per heavy atom. The molecular weight excluding hydrogens is 328 g/mol. The molecule has 2 rings (SSSR count). The predicted molar refractivity (Wildman–Crippen MR) is 80.3 cm³/mol. The topological polar surface area (TPSA) is 58.2 Å². The summed E-state index contributed by atoms with van der Waals surface area (Å²) in [7, 11) is 0. The summed E-state index contributed by atoms with van der Waals surface area (Å²) in [5.74, 6) is -0.210. The minimum atomic E-state index is -0.368. The van der Waals surface area contributed by atoms with Crippen LogP contribution in [0.3, 0.4) is 0 Å². The first kappa shape index (κ1) is 14.4. The van der Waals surface area contributed by atoms with Crippen LogP contribution in [-0.2, 0) is 9.59 Å². The lowest BCUT2D eigenvalue weighted by molar-refractivity contribution is -0.124. The molecule has 1 aliphatic heterocycles. The molecule has 1 aliphatic rings. The molecule has 19 heavy (non-hydrogen) atoms. The van der Waals surface area contributed by atoms with Crippen molar-refractivity contribution in [1.82, 2.24) is 5.32 Å². The highest BCUT2D eigenvalue weighted by molar-refractivity contribution is 9.10. The summed E-state index contributed by atoms with van der Waals surface area (Å²) in [5, 5.41) is 5.28. The van der Waals surface area contributed by atoms with Gasteiger partial charge in [0.25, 0.3) is 0 Å². The van der Waals surface area contributed by atoms with Gasteiger partial charge < -0.3 is 10.6 Å². The lowest BCUT2D eigenvalue weighted by Gasteiger charge is -2.24. The fraction of sp³-hybridized carbons (Fsp3) is 0.385. The second-order valence-electron chi connectivity index (χ2n) is 4.66. The lowest BCUT2D eigenvalue weighted by atomic mass is 10.2. The average molecular weight is 343 g/mol. The van der Waals surface area contributed by atoms with Gasteiger partial charge in [0.1, 0.15) is 0 Å². The Hall–Kier alpha value is -1.01. The summed E-state index contributed by atoms with van der Waals surface area (Å²) >= 11 is 4.80. The number of carbonyl (C=O) groups is 2. The van der Waals surface area contributed by atoms with E-state index in [1.165, 1.54) is 11.8 Å². The largest absolute Gasteiger partial charge is 0.354 e. The first-order valence-corrected chi connectivity index (χ1v) is 7.69. The SMILES string of the molecule is CC(C)NC(=O)CC1Sc2ccc(Br)cc2NC1=O. The number of nitrogens with one attached hydrogen (secondary N) is 2. The molecule has 0 bridgehead atoms. The number of halogens is 1. The maximum absolute atomic E-state index is 12.0. The Bertz CT molecular complexity index is 519. The quantitative estimate of drug-likeness (QED) is 0.887. The van der Waals surface area contributed by atoms with E-state index in [4.69, 9.17) is 0 Å². The van der Waals surface area contributed by atoms with Crippen molar-refractivity contribution in [2.45, 2.75) is 36.5 Å². The van der Waals surface area contributed by atoms with Gasteiger partial charge in [-0.1, -0.05) is 15.9 Å². The van der Waals surface area contributed by atoms with E-state index in [9.17, 15) is 9.59 Å². The molecule has 1 atom stereocenters. The molecule has 1 aromatic carbocycles. The fourth-order valence-electron chi connectivity index (χ4n) is 1.81. The first-order chi connectivity index (χ1) is 8.95. The summed E-state index contributed by atoms with van der Waals surface area (Å²) in [4.78, 5) is 24.7. The molecule has 1 heterocycles. The molecule has 0 fully saturated rings. The van der Waals surface area contributed by atoms with Crippen molar-refractivity contribution < 1.29 is 9.59 Å². The predicted octanol–water partition coefficient (Wildman–Crippen LogP) is 2.78. The minimum absolute atomic E-state index is 0.0902. The van der Waals surface area contributed by atoms with Gasteiger partial charge in [-0.3, -0.25) is 9.59 Å². The molecule has 0 aromatic heterocycles. The number of hydrogen-bond acceptors (Lipinski definition) is 3. The van der Waals surface area contributed by atoms with Gasteiger partial charge in [-0.2, -0.15) is 0 Å². The normalized spacial score (nSPS) is 17.9. The molecule has 0 radical (unpaired) electrons. The van der Waals surface area contributed by atoms with Gasteiger partial charge in [0.15, 0.2) is 0 Å². The molecular formula is C13H15BrN2O2S. The summed E-state index contributed by atoms with van der Waals surface area (Å²) in [5.41, 5.74) is 0.796. The highest BCUT2D eigenvalue weighted by atomic mass is 79.9. The van der Waals surface area contributed by atoms with Crippen LogP contribution >= 0.6 is 27.7 Å². The van der Waals surface area contributed by atoms with Crippen molar-refractivity contribution in [2.24, 2.45) is 0 Å². The molecule has 2 N–H and O–H groups in total. The third-order valence-corrected chi connectivity index (χ3v) is 4.35. The molecule has 1 unspecified atom stereocenters. The summed E-state index contributed by atoms with van der Waals surface area (Å²) in [6.45, 7) is 3.80. The highest BCUT2D eigenvalue weighted by Gasteiger charge is 2.29. The number of amides is 2. The van der Waals surface area contributed by atoms with E-state index < -0.39 is 0 Å². The van der Waals surface area contributed by atoms with Crippen LogP contribution in [-0.4, -0.2) is 23.1 Å². The van der Waals surface area contributed by atoms with E-state index in [1.807, 2.05) is 32.0 Å². The molecule has 0 aliphatic carbocycles. The zero-order valence-electron chi connectivity index (χ0n) is 10.7. The van der Waals surface area contributed by atoms with Crippen molar-refractivity contribution in [3.05, 3.63) is 22.7 Å². The maximum Gasteiger partial charge on any atom is 0.238 e. The van der Waals surface area contributed by atoms with Gasteiger partial charge in [0.2, 0.25) is 11.8 Å². The van der Waals surface area contributed by atoms with Crippen LogP contribution < -0.4 is 10.6 Å². The third-order valence-electron chi connectivity index (χ3n) is 2.58. The number of thioether (sulfide) groups is 1. The minimum Gasteiger partial charge on any atom is -0.354 e. The van der Waals surface area contributed by atoms with Crippen molar-refractivity contribution >= 4 is 45.2 Å². The summed E-state index contributed by atoms with van der Waals surface area (Å²) in [6.07, 6.45) is 0.199. The second-order valence-corrected chi connectivity index (χ2v) is 6.82. The van der Waals surface area contributed by atoms with Gasteiger partial charge in [-0.25, -0.2) is 0 Å². The van der Waals surface area contributed by atoms with E-state index in [1.54, 1.807) is 0 Å². The van der Waals surface area contributed by atoms with Crippen molar-refractivity contribution in [3.8, 4) is 0 Å².